The van der Waals surface area contributed by atoms with Crippen LogP contribution in [-0.2, 0) is 19.5 Å². The van der Waals surface area contributed by atoms with Crippen LogP contribution in [0.3, 0.4) is 0 Å². The summed E-state index contributed by atoms with van der Waals surface area (Å²) in [7, 11) is 0. The van der Waals surface area contributed by atoms with E-state index in [0.29, 0.717) is 12.6 Å². The Hall–Kier alpha value is -2.80. The highest BCUT2D eigenvalue weighted by Crippen LogP contribution is 2.36. The number of benzene rings is 1. The average Bonchev–Trinajstić information content (AvgIpc) is 3.27. The quantitative estimate of drug-likeness (QED) is 0.339. The lowest BCUT2D eigenvalue weighted by molar-refractivity contribution is 0.146. The highest BCUT2D eigenvalue weighted by Gasteiger charge is 2.28. The number of aryl methyl sites for hydroxylation is 1. The largest absolute Gasteiger partial charge is 0.395 e. The first-order valence-electron chi connectivity index (χ1n) is 14.2. The molecule has 1 atom stereocenters. The van der Waals surface area contributed by atoms with Gasteiger partial charge in [0.05, 0.1) is 29.6 Å². The predicted molar refractivity (Wildman–Crippen MR) is 150 cm³/mol. The molecule has 6 heteroatoms. The van der Waals surface area contributed by atoms with Crippen LogP contribution in [0.4, 0.5) is 0 Å². The number of aromatic nitrogens is 3. The van der Waals surface area contributed by atoms with Crippen LogP contribution in [0.5, 0.6) is 0 Å². The van der Waals surface area contributed by atoms with Crippen LogP contribution in [0.2, 0.25) is 0 Å². The molecule has 1 aliphatic heterocycles. The Morgan fingerprint density at radius 1 is 0.892 bits per heavy atom. The zero-order chi connectivity index (χ0) is 25.0. The van der Waals surface area contributed by atoms with Gasteiger partial charge < -0.3 is 14.6 Å². The Labute approximate surface area is 219 Å². The number of para-hydroxylation sites is 1. The fraction of sp³-hybridized carbons (Fsp3) is 0.484. The van der Waals surface area contributed by atoms with Gasteiger partial charge in [-0.3, -0.25) is 14.9 Å². The van der Waals surface area contributed by atoms with Gasteiger partial charge in [0.1, 0.15) is 0 Å². The molecule has 4 aromatic rings. The molecule has 194 valence electrons. The molecule has 1 N–H and O–H groups in total. The summed E-state index contributed by atoms with van der Waals surface area (Å²) in [5, 5.41) is 12.4. The number of hydrogen-bond donors (Lipinski definition) is 1. The lowest BCUT2D eigenvalue weighted by Crippen LogP contribution is -2.36. The number of pyridine rings is 2. The Bertz CT molecular complexity index is 1340. The van der Waals surface area contributed by atoms with E-state index in [1.54, 1.807) is 0 Å². The number of nitrogens with zero attached hydrogens (tertiary/aromatic N) is 5. The van der Waals surface area contributed by atoms with Crippen LogP contribution in [0.1, 0.15) is 61.5 Å². The molecule has 0 bridgehead atoms. The average molecular weight is 498 g/mol. The molecule has 0 saturated carbocycles. The van der Waals surface area contributed by atoms with E-state index in [1.807, 2.05) is 12.4 Å². The maximum atomic E-state index is 9.92. The third kappa shape index (κ3) is 5.02. The number of aliphatic hydroxyl groups excluding tert-OH is 1. The van der Waals surface area contributed by atoms with Crippen LogP contribution in [-0.4, -0.2) is 62.2 Å². The molecule has 1 aromatic carbocycles. The van der Waals surface area contributed by atoms with Gasteiger partial charge in [-0.2, -0.15) is 0 Å². The van der Waals surface area contributed by atoms with Crippen molar-refractivity contribution in [2.24, 2.45) is 0 Å². The Balaban J connectivity index is 1.35. The van der Waals surface area contributed by atoms with Crippen LogP contribution in [0.25, 0.3) is 21.8 Å². The number of fused-ring (bicyclic) bond motifs is 4. The van der Waals surface area contributed by atoms with E-state index >= 15 is 0 Å². The van der Waals surface area contributed by atoms with Gasteiger partial charge >= 0.3 is 0 Å². The number of hydrogen-bond acceptors (Lipinski definition) is 5. The summed E-state index contributed by atoms with van der Waals surface area (Å²) in [6.45, 7) is 6.18. The van der Waals surface area contributed by atoms with Crippen molar-refractivity contribution >= 4 is 21.8 Å². The van der Waals surface area contributed by atoms with E-state index in [4.69, 9.17) is 9.97 Å². The topological polar surface area (TPSA) is 57.4 Å². The zero-order valence-electron chi connectivity index (χ0n) is 21.9. The first-order chi connectivity index (χ1) is 18.3. The van der Waals surface area contributed by atoms with Crippen molar-refractivity contribution in [1.29, 1.82) is 0 Å². The first kappa shape index (κ1) is 24.5. The van der Waals surface area contributed by atoms with Crippen molar-refractivity contribution in [2.45, 2.75) is 64.1 Å². The minimum absolute atomic E-state index is 0.113. The highest BCUT2D eigenvalue weighted by atomic mass is 16.3. The Morgan fingerprint density at radius 3 is 2.68 bits per heavy atom. The van der Waals surface area contributed by atoms with E-state index in [0.717, 1.165) is 43.6 Å². The van der Waals surface area contributed by atoms with Crippen LogP contribution >= 0.6 is 0 Å². The lowest BCUT2D eigenvalue weighted by Gasteiger charge is -2.36. The van der Waals surface area contributed by atoms with Crippen LogP contribution < -0.4 is 0 Å². The zero-order valence-corrected chi connectivity index (χ0v) is 21.9. The lowest BCUT2D eigenvalue weighted by atomic mass is 9.90. The molecule has 2 aliphatic rings. The predicted octanol–water partition coefficient (Wildman–Crippen LogP) is 5.33. The maximum absolute atomic E-state index is 9.92. The number of rotatable bonds is 9. The molecular weight excluding hydrogens is 458 g/mol. The first-order valence-corrected chi connectivity index (χ1v) is 14.2. The fourth-order valence-corrected chi connectivity index (χ4v) is 6.68. The molecule has 6 rings (SSSR count). The van der Waals surface area contributed by atoms with Gasteiger partial charge in [-0.25, -0.2) is 0 Å². The van der Waals surface area contributed by atoms with Gasteiger partial charge in [0.15, 0.2) is 0 Å². The van der Waals surface area contributed by atoms with Gasteiger partial charge in [-0.05, 0) is 81.9 Å². The smallest absolute Gasteiger partial charge is 0.0787 e. The fourth-order valence-electron chi connectivity index (χ4n) is 6.68. The summed E-state index contributed by atoms with van der Waals surface area (Å²) in [6.07, 6.45) is 12.6. The normalized spacial score (nSPS) is 18.6. The minimum Gasteiger partial charge on any atom is -0.395 e. The van der Waals surface area contributed by atoms with Crippen molar-refractivity contribution < 1.29 is 5.11 Å². The molecule has 4 heterocycles. The molecule has 0 spiro atoms. The maximum Gasteiger partial charge on any atom is 0.0787 e. The summed E-state index contributed by atoms with van der Waals surface area (Å²) in [5.41, 5.74) is 6.09. The van der Waals surface area contributed by atoms with Crippen molar-refractivity contribution in [3.8, 4) is 0 Å². The third-order valence-corrected chi connectivity index (χ3v) is 8.41. The molecule has 1 saturated heterocycles. The Kier molecular flexibility index (Phi) is 7.49. The number of piperidine rings is 1. The van der Waals surface area contributed by atoms with E-state index in [9.17, 15) is 5.11 Å². The number of aliphatic hydroxyl groups is 1. The standard InChI is InChI=1S/C31H39N5O/c37-22-21-36-28-12-3-2-11-25(28)26-14-16-32-27(31(26)36)23-35(20-8-19-34-17-4-1-5-18-34)29-13-6-9-24-10-7-15-33-30(24)29/h2-3,7,10-12,14-16,29,37H,1,4-6,8-9,13,17-23H2/t29-/m0/s1. The molecule has 0 unspecified atom stereocenters. The SMILES string of the molecule is OCCn1c2ccccc2c2ccnc(CN(CCCN3CCCCC3)[C@H]3CCCc4cccnc43)c21. The second kappa shape index (κ2) is 11.3. The van der Waals surface area contributed by atoms with Crippen molar-refractivity contribution in [1.82, 2.24) is 24.3 Å². The van der Waals surface area contributed by atoms with Gasteiger partial charge in [-0.1, -0.05) is 30.7 Å². The van der Waals surface area contributed by atoms with Crippen LogP contribution in [0.15, 0.2) is 54.9 Å². The van der Waals surface area contributed by atoms with Crippen molar-refractivity contribution in [3.63, 3.8) is 0 Å². The summed E-state index contributed by atoms with van der Waals surface area (Å²) < 4.78 is 2.27. The van der Waals surface area contributed by atoms with E-state index in [1.165, 1.54) is 72.9 Å². The van der Waals surface area contributed by atoms with E-state index in [-0.39, 0.29) is 6.61 Å². The second-order valence-electron chi connectivity index (χ2n) is 10.7. The van der Waals surface area contributed by atoms with Crippen molar-refractivity contribution in [2.75, 3.05) is 32.8 Å². The molecule has 0 radical (unpaired) electrons. The number of likely N-dealkylation sites (tertiary alicyclic amines) is 1. The van der Waals surface area contributed by atoms with Gasteiger partial charge in [0.25, 0.3) is 0 Å². The molecule has 37 heavy (non-hydrogen) atoms. The molecule has 1 fully saturated rings. The van der Waals surface area contributed by atoms with Crippen molar-refractivity contribution in [3.05, 3.63) is 71.8 Å². The molecule has 3 aromatic heterocycles. The van der Waals surface area contributed by atoms with Gasteiger partial charge in [-0.15, -0.1) is 0 Å². The van der Waals surface area contributed by atoms with Gasteiger partial charge in [0.2, 0.25) is 0 Å². The molecule has 6 nitrogen and oxygen atoms in total. The molecule has 0 amide bonds. The summed E-state index contributed by atoms with van der Waals surface area (Å²) in [4.78, 5) is 15.1. The van der Waals surface area contributed by atoms with E-state index < -0.39 is 0 Å². The second-order valence-corrected chi connectivity index (χ2v) is 10.7. The van der Waals surface area contributed by atoms with Gasteiger partial charge in [0, 0.05) is 48.3 Å². The molecule has 1 aliphatic carbocycles. The van der Waals surface area contributed by atoms with E-state index in [2.05, 4.69) is 56.8 Å². The Morgan fingerprint density at radius 2 is 1.78 bits per heavy atom. The van der Waals surface area contributed by atoms with Crippen LogP contribution in [0, 0.1) is 0 Å². The monoisotopic (exact) mass is 497 g/mol. The summed E-state index contributed by atoms with van der Waals surface area (Å²) in [6, 6.07) is 15.3. The molecular formula is C31H39N5O. The summed E-state index contributed by atoms with van der Waals surface area (Å²) >= 11 is 0. The minimum atomic E-state index is 0.113. The summed E-state index contributed by atoms with van der Waals surface area (Å²) in [5.74, 6) is 0. The highest BCUT2D eigenvalue weighted by molar-refractivity contribution is 6.08. The third-order valence-electron chi connectivity index (χ3n) is 8.41.